The molecule has 0 saturated heterocycles. The molecule has 17 heavy (non-hydrogen) atoms. The van der Waals surface area contributed by atoms with E-state index in [2.05, 4.69) is 5.32 Å². The van der Waals surface area contributed by atoms with Crippen LogP contribution < -0.4 is 15.8 Å². The van der Waals surface area contributed by atoms with Crippen molar-refractivity contribution in [2.75, 3.05) is 13.2 Å². The van der Waals surface area contributed by atoms with Crippen molar-refractivity contribution in [3.63, 3.8) is 0 Å². The van der Waals surface area contributed by atoms with Crippen molar-refractivity contribution in [1.29, 1.82) is 0 Å². The Bertz CT molecular complexity index is 371. The third-order valence-corrected chi connectivity index (χ3v) is 2.50. The Kier molecular flexibility index (Phi) is 5.80. The van der Waals surface area contributed by atoms with Crippen LogP contribution in [0.4, 0.5) is 0 Å². The number of rotatable bonds is 6. The molecule has 1 aromatic carbocycles. The first kappa shape index (κ1) is 13.8. The minimum atomic E-state index is -0.0741. The Morgan fingerprint density at radius 3 is 2.88 bits per heavy atom. The fourth-order valence-corrected chi connectivity index (χ4v) is 1.41. The van der Waals surface area contributed by atoms with Crippen molar-refractivity contribution in [3.8, 4) is 5.75 Å². The molecule has 0 radical (unpaired) electrons. The molecule has 1 aromatic rings. The van der Waals surface area contributed by atoms with Gasteiger partial charge in [0.15, 0.2) is 0 Å². The zero-order chi connectivity index (χ0) is 12.7. The highest BCUT2D eigenvalue weighted by Crippen LogP contribution is 2.22. The van der Waals surface area contributed by atoms with Gasteiger partial charge in [-0.3, -0.25) is 4.79 Å². The van der Waals surface area contributed by atoms with Crippen LogP contribution in [-0.2, 0) is 4.79 Å². The number of halogens is 1. The lowest BCUT2D eigenvalue weighted by molar-refractivity contribution is -0.122. The number of carbonyl (C=O) groups excluding carboxylic acids is 1. The van der Waals surface area contributed by atoms with E-state index in [9.17, 15) is 4.79 Å². The largest absolute Gasteiger partial charge is 0.491 e. The number of ether oxygens (including phenoxy) is 1. The first-order chi connectivity index (χ1) is 8.13. The van der Waals surface area contributed by atoms with Gasteiger partial charge < -0.3 is 15.8 Å². The summed E-state index contributed by atoms with van der Waals surface area (Å²) < 4.78 is 5.40. The number of hydrogen-bond donors (Lipinski definition) is 2. The fraction of sp³-hybridized carbons (Fsp3) is 0.417. The van der Waals surface area contributed by atoms with Crippen molar-refractivity contribution in [1.82, 2.24) is 5.32 Å². The van der Waals surface area contributed by atoms with Gasteiger partial charge in [0, 0.05) is 12.6 Å². The summed E-state index contributed by atoms with van der Waals surface area (Å²) >= 11 is 5.90. The van der Waals surface area contributed by atoms with Gasteiger partial charge >= 0.3 is 0 Å². The molecule has 4 nitrogen and oxygen atoms in total. The zero-order valence-electron chi connectivity index (χ0n) is 9.78. The van der Waals surface area contributed by atoms with Gasteiger partial charge in [-0.2, -0.15) is 0 Å². The molecule has 3 N–H and O–H groups in total. The molecule has 94 valence electrons. The lowest BCUT2D eigenvalue weighted by Gasteiger charge is -2.12. The van der Waals surface area contributed by atoms with Gasteiger partial charge in [-0.25, -0.2) is 0 Å². The first-order valence-electron chi connectivity index (χ1n) is 5.50. The normalized spacial score (nSPS) is 11.9. The molecule has 0 fully saturated rings. The number of nitrogens with two attached hydrogens (primary N) is 1. The van der Waals surface area contributed by atoms with E-state index in [-0.39, 0.29) is 18.4 Å². The van der Waals surface area contributed by atoms with Crippen molar-refractivity contribution in [3.05, 3.63) is 29.3 Å². The van der Waals surface area contributed by atoms with E-state index in [0.29, 0.717) is 23.9 Å². The van der Waals surface area contributed by atoms with Crippen LogP contribution in [0.5, 0.6) is 5.75 Å². The lowest BCUT2D eigenvalue weighted by atomic mass is 10.3. The van der Waals surface area contributed by atoms with Gasteiger partial charge in [-0.05, 0) is 19.1 Å². The Balaban J connectivity index is 2.29. The second-order valence-corrected chi connectivity index (χ2v) is 4.14. The minimum Gasteiger partial charge on any atom is -0.491 e. The molecule has 0 unspecified atom stereocenters. The number of benzene rings is 1. The van der Waals surface area contributed by atoms with E-state index < -0.39 is 0 Å². The summed E-state index contributed by atoms with van der Waals surface area (Å²) in [7, 11) is 0. The average molecular weight is 257 g/mol. The summed E-state index contributed by atoms with van der Waals surface area (Å²) in [6.07, 6.45) is 0.287. The van der Waals surface area contributed by atoms with Crippen LogP contribution >= 0.6 is 11.6 Å². The second kappa shape index (κ2) is 7.14. The standard InChI is InChI=1S/C12H17ClN2O2/c1-9(8-14)15-12(16)6-7-17-11-5-3-2-4-10(11)13/h2-5,9H,6-8,14H2,1H3,(H,15,16)/t9-/m0/s1. The van der Waals surface area contributed by atoms with Crippen LogP contribution in [0.25, 0.3) is 0 Å². The SMILES string of the molecule is C[C@@H](CN)NC(=O)CCOc1ccccc1Cl. The van der Waals surface area contributed by atoms with Gasteiger partial charge in [0.2, 0.25) is 5.91 Å². The lowest BCUT2D eigenvalue weighted by Crippen LogP contribution is -2.38. The molecular formula is C12H17ClN2O2. The van der Waals surface area contributed by atoms with E-state index in [0.717, 1.165) is 0 Å². The fourth-order valence-electron chi connectivity index (χ4n) is 1.22. The zero-order valence-corrected chi connectivity index (χ0v) is 10.5. The molecule has 0 spiro atoms. The van der Waals surface area contributed by atoms with Crippen molar-refractivity contribution in [2.24, 2.45) is 5.73 Å². The molecule has 1 atom stereocenters. The molecule has 1 amide bonds. The maximum atomic E-state index is 11.4. The summed E-state index contributed by atoms with van der Waals surface area (Å²) in [5.74, 6) is 0.517. The maximum Gasteiger partial charge on any atom is 0.223 e. The molecule has 0 heterocycles. The first-order valence-corrected chi connectivity index (χ1v) is 5.88. The average Bonchev–Trinajstić information content (AvgIpc) is 2.31. The maximum absolute atomic E-state index is 11.4. The monoisotopic (exact) mass is 256 g/mol. The van der Waals surface area contributed by atoms with E-state index in [4.69, 9.17) is 22.1 Å². The predicted molar refractivity (Wildman–Crippen MR) is 68.2 cm³/mol. The molecule has 0 saturated carbocycles. The topological polar surface area (TPSA) is 64.3 Å². The highest BCUT2D eigenvalue weighted by molar-refractivity contribution is 6.32. The van der Waals surface area contributed by atoms with E-state index >= 15 is 0 Å². The molecule has 1 rings (SSSR count). The Hall–Kier alpha value is -1.26. The summed E-state index contributed by atoms with van der Waals surface area (Å²) in [4.78, 5) is 11.4. The van der Waals surface area contributed by atoms with Gasteiger partial charge in [-0.1, -0.05) is 23.7 Å². The Morgan fingerprint density at radius 1 is 1.53 bits per heavy atom. The number of hydrogen-bond acceptors (Lipinski definition) is 3. The van der Waals surface area contributed by atoms with Gasteiger partial charge in [-0.15, -0.1) is 0 Å². The minimum absolute atomic E-state index is 0.0113. The smallest absolute Gasteiger partial charge is 0.223 e. The van der Waals surface area contributed by atoms with Crippen LogP contribution in [0.3, 0.4) is 0 Å². The molecule has 5 heteroatoms. The van der Waals surface area contributed by atoms with Crippen LogP contribution in [0, 0.1) is 0 Å². The van der Waals surface area contributed by atoms with Crippen molar-refractivity contribution in [2.45, 2.75) is 19.4 Å². The predicted octanol–water partition coefficient (Wildman–Crippen LogP) is 1.57. The Labute approximate surface area is 106 Å². The second-order valence-electron chi connectivity index (χ2n) is 3.73. The highest BCUT2D eigenvalue weighted by atomic mass is 35.5. The molecule has 0 aliphatic heterocycles. The van der Waals surface area contributed by atoms with Crippen molar-refractivity contribution < 1.29 is 9.53 Å². The van der Waals surface area contributed by atoms with Crippen molar-refractivity contribution >= 4 is 17.5 Å². The summed E-state index contributed by atoms with van der Waals surface area (Å²) in [5.41, 5.74) is 5.40. The van der Waals surface area contributed by atoms with Crippen LogP contribution in [0.15, 0.2) is 24.3 Å². The van der Waals surface area contributed by atoms with E-state index in [1.807, 2.05) is 19.1 Å². The number of amides is 1. The van der Waals surface area contributed by atoms with Gasteiger partial charge in [0.1, 0.15) is 5.75 Å². The van der Waals surface area contributed by atoms with Crippen LogP contribution in [0.2, 0.25) is 5.02 Å². The Morgan fingerprint density at radius 2 is 2.24 bits per heavy atom. The van der Waals surface area contributed by atoms with E-state index in [1.165, 1.54) is 0 Å². The molecule has 0 aromatic heterocycles. The van der Waals surface area contributed by atoms with Crippen LogP contribution in [-0.4, -0.2) is 25.1 Å². The molecule has 0 bridgehead atoms. The third kappa shape index (κ3) is 5.06. The molecule has 0 aliphatic rings. The van der Waals surface area contributed by atoms with Gasteiger partial charge in [0.25, 0.3) is 0 Å². The van der Waals surface area contributed by atoms with Gasteiger partial charge in [0.05, 0.1) is 18.1 Å². The number of carbonyl (C=O) groups is 1. The van der Waals surface area contributed by atoms with Crippen LogP contribution in [0.1, 0.15) is 13.3 Å². The molecule has 0 aliphatic carbocycles. The molecular weight excluding hydrogens is 240 g/mol. The quantitative estimate of drug-likeness (QED) is 0.812. The van der Waals surface area contributed by atoms with E-state index in [1.54, 1.807) is 12.1 Å². The highest BCUT2D eigenvalue weighted by Gasteiger charge is 2.06. The summed E-state index contributed by atoms with van der Waals surface area (Å²) in [6, 6.07) is 7.15. The summed E-state index contributed by atoms with van der Waals surface area (Å²) in [6.45, 7) is 2.58. The third-order valence-electron chi connectivity index (χ3n) is 2.18. The summed E-state index contributed by atoms with van der Waals surface area (Å²) in [5, 5.41) is 3.30. The number of para-hydroxylation sites is 1. The number of nitrogens with one attached hydrogen (secondary N) is 1.